The molecule has 0 atom stereocenters. The molecule has 0 fully saturated rings. The Hall–Kier alpha value is -2.99. The Labute approximate surface area is 167 Å². The van der Waals surface area contributed by atoms with Crippen molar-refractivity contribution in [3.63, 3.8) is 0 Å². The van der Waals surface area contributed by atoms with E-state index in [2.05, 4.69) is 9.97 Å². The number of amides is 1. The Morgan fingerprint density at radius 3 is 2.50 bits per heavy atom. The molecule has 1 aromatic heterocycles. The first-order valence-corrected chi connectivity index (χ1v) is 9.19. The second-order valence-corrected chi connectivity index (χ2v) is 7.04. The summed E-state index contributed by atoms with van der Waals surface area (Å²) in [5.74, 6) is -0.725. The molecule has 0 saturated carbocycles. The molecule has 7 heteroatoms. The van der Waals surface area contributed by atoms with E-state index in [1.165, 1.54) is 6.07 Å². The number of aryl methyl sites for hydroxylation is 3. The van der Waals surface area contributed by atoms with Crippen molar-refractivity contribution in [2.24, 2.45) is 5.73 Å². The maximum Gasteiger partial charge on any atom is 0.248 e. The lowest BCUT2D eigenvalue weighted by atomic mass is 10.0. The van der Waals surface area contributed by atoms with Crippen LogP contribution < -0.4 is 11.5 Å². The van der Waals surface area contributed by atoms with Crippen molar-refractivity contribution in [3.8, 4) is 11.3 Å². The predicted octanol–water partition coefficient (Wildman–Crippen LogP) is 4.10. The number of hydrogen-bond donors (Lipinski definition) is 2. The summed E-state index contributed by atoms with van der Waals surface area (Å²) in [7, 11) is 0. The summed E-state index contributed by atoms with van der Waals surface area (Å²) in [5.41, 5.74) is 14.5. The molecular formula is C21H20ClFN4O. The van der Waals surface area contributed by atoms with Crippen LogP contribution in [0.5, 0.6) is 0 Å². The molecule has 3 aromatic rings. The van der Waals surface area contributed by atoms with Crippen molar-refractivity contribution in [1.82, 2.24) is 9.97 Å². The molecule has 1 heterocycles. The van der Waals surface area contributed by atoms with Crippen molar-refractivity contribution in [2.75, 3.05) is 5.73 Å². The first-order chi connectivity index (χ1) is 13.3. The summed E-state index contributed by atoms with van der Waals surface area (Å²) < 4.78 is 14.5. The third-order valence-electron chi connectivity index (χ3n) is 4.43. The average Bonchev–Trinajstić information content (AvgIpc) is 2.64. The highest BCUT2D eigenvalue weighted by atomic mass is 35.5. The number of hydrogen-bond acceptors (Lipinski definition) is 4. The summed E-state index contributed by atoms with van der Waals surface area (Å²) in [6.07, 6.45) is 2.25. The van der Waals surface area contributed by atoms with Gasteiger partial charge in [0.25, 0.3) is 0 Å². The van der Waals surface area contributed by atoms with Crippen LogP contribution in [0.25, 0.3) is 11.3 Å². The van der Waals surface area contributed by atoms with E-state index >= 15 is 0 Å². The molecule has 4 N–H and O–H groups in total. The van der Waals surface area contributed by atoms with Crippen LogP contribution in [0.15, 0.2) is 42.5 Å². The molecule has 3 rings (SSSR count). The molecule has 0 bridgehead atoms. The Kier molecular flexibility index (Phi) is 5.90. The van der Waals surface area contributed by atoms with E-state index in [4.69, 9.17) is 23.1 Å². The number of primary amides is 1. The van der Waals surface area contributed by atoms with Gasteiger partial charge >= 0.3 is 0 Å². The summed E-state index contributed by atoms with van der Waals surface area (Å²) in [5, 5.41) is 0.437. The molecule has 0 aliphatic heterocycles. The Morgan fingerprint density at radius 1 is 1.11 bits per heavy atom. The van der Waals surface area contributed by atoms with Gasteiger partial charge in [0.1, 0.15) is 5.82 Å². The lowest BCUT2D eigenvalue weighted by molar-refractivity contribution is 0.100. The quantitative estimate of drug-likeness (QED) is 0.653. The zero-order valence-electron chi connectivity index (χ0n) is 15.4. The van der Waals surface area contributed by atoms with Crippen LogP contribution in [0.3, 0.4) is 0 Å². The van der Waals surface area contributed by atoms with Crippen LogP contribution in [0.2, 0.25) is 5.02 Å². The summed E-state index contributed by atoms with van der Waals surface area (Å²) in [6.45, 7) is 1.65. The first-order valence-electron chi connectivity index (χ1n) is 8.81. The topological polar surface area (TPSA) is 94.9 Å². The first kappa shape index (κ1) is 19.8. The number of nitrogens with zero attached hydrogens (tertiary/aromatic N) is 2. The SMILES string of the molecule is Cc1cc(Cl)cc(-c2cc(CCCc3ccc(C(N)=O)cc3)nc(N)n2)c1F. The zero-order valence-corrected chi connectivity index (χ0v) is 16.1. The van der Waals surface area contributed by atoms with E-state index in [1.54, 1.807) is 31.2 Å². The summed E-state index contributed by atoms with van der Waals surface area (Å²) in [6, 6.07) is 12.0. The fourth-order valence-corrected chi connectivity index (χ4v) is 3.28. The van der Waals surface area contributed by atoms with Crippen molar-refractivity contribution >= 4 is 23.5 Å². The van der Waals surface area contributed by atoms with Gasteiger partial charge in [-0.2, -0.15) is 0 Å². The largest absolute Gasteiger partial charge is 0.368 e. The van der Waals surface area contributed by atoms with Gasteiger partial charge in [-0.15, -0.1) is 0 Å². The number of nitrogens with two attached hydrogens (primary N) is 2. The van der Waals surface area contributed by atoms with Gasteiger partial charge in [0.15, 0.2) is 0 Å². The maximum absolute atomic E-state index is 14.5. The molecule has 0 saturated heterocycles. The minimum absolute atomic E-state index is 0.0929. The Balaban J connectivity index is 1.74. The fourth-order valence-electron chi connectivity index (χ4n) is 3.01. The lowest BCUT2D eigenvalue weighted by Crippen LogP contribution is -2.10. The highest BCUT2D eigenvalue weighted by Crippen LogP contribution is 2.28. The molecule has 28 heavy (non-hydrogen) atoms. The van der Waals surface area contributed by atoms with Gasteiger partial charge in [-0.25, -0.2) is 14.4 Å². The van der Waals surface area contributed by atoms with Gasteiger partial charge in [0.05, 0.1) is 5.69 Å². The maximum atomic E-state index is 14.5. The zero-order chi connectivity index (χ0) is 20.3. The van der Waals surface area contributed by atoms with E-state index in [1.807, 2.05) is 12.1 Å². The van der Waals surface area contributed by atoms with Gasteiger partial charge < -0.3 is 11.5 Å². The molecule has 0 aliphatic carbocycles. The summed E-state index contributed by atoms with van der Waals surface area (Å²) >= 11 is 6.06. The van der Waals surface area contributed by atoms with Crippen molar-refractivity contribution in [2.45, 2.75) is 26.2 Å². The Morgan fingerprint density at radius 2 is 1.82 bits per heavy atom. The molecule has 5 nitrogen and oxygen atoms in total. The molecule has 1 amide bonds. The minimum atomic E-state index is -0.445. The molecule has 0 aliphatic rings. The normalized spacial score (nSPS) is 10.8. The van der Waals surface area contributed by atoms with Crippen molar-refractivity contribution in [3.05, 3.63) is 75.7 Å². The van der Waals surface area contributed by atoms with E-state index in [0.717, 1.165) is 24.1 Å². The standard InChI is InChI=1S/C21H20ClFN4O/c1-12-9-15(22)10-17(19(12)23)18-11-16(26-21(25)27-18)4-2-3-13-5-7-14(8-6-13)20(24)28/h5-11H,2-4H2,1H3,(H2,24,28)(H2,25,26,27). The summed E-state index contributed by atoms with van der Waals surface area (Å²) in [4.78, 5) is 19.5. The monoisotopic (exact) mass is 398 g/mol. The average molecular weight is 399 g/mol. The van der Waals surface area contributed by atoms with Crippen molar-refractivity contribution < 1.29 is 9.18 Å². The lowest BCUT2D eigenvalue weighted by Gasteiger charge is -2.09. The van der Waals surface area contributed by atoms with Gasteiger partial charge in [0, 0.05) is 21.8 Å². The van der Waals surface area contributed by atoms with Gasteiger partial charge in [-0.1, -0.05) is 23.7 Å². The number of anilines is 1. The molecule has 2 aromatic carbocycles. The number of rotatable bonds is 6. The van der Waals surface area contributed by atoms with Gasteiger partial charge in [-0.3, -0.25) is 4.79 Å². The fraction of sp³-hybridized carbons (Fsp3) is 0.190. The van der Waals surface area contributed by atoms with Crippen LogP contribution in [0.1, 0.15) is 33.6 Å². The number of benzene rings is 2. The van der Waals surface area contributed by atoms with Crippen LogP contribution in [0, 0.1) is 12.7 Å². The second-order valence-electron chi connectivity index (χ2n) is 6.60. The van der Waals surface area contributed by atoms with E-state index in [9.17, 15) is 9.18 Å². The number of halogens is 2. The highest BCUT2D eigenvalue weighted by molar-refractivity contribution is 6.31. The Bertz CT molecular complexity index is 1020. The van der Waals surface area contributed by atoms with Gasteiger partial charge in [-0.05, 0) is 67.6 Å². The van der Waals surface area contributed by atoms with Crippen LogP contribution in [-0.2, 0) is 12.8 Å². The minimum Gasteiger partial charge on any atom is -0.368 e. The number of aromatic nitrogens is 2. The van der Waals surface area contributed by atoms with Gasteiger partial charge in [0.2, 0.25) is 11.9 Å². The number of carbonyl (C=O) groups excluding carboxylic acids is 1. The third kappa shape index (κ3) is 4.64. The molecular weight excluding hydrogens is 379 g/mol. The van der Waals surface area contributed by atoms with E-state index in [-0.39, 0.29) is 11.8 Å². The molecule has 0 radical (unpaired) electrons. The molecule has 0 unspecified atom stereocenters. The van der Waals surface area contributed by atoms with Crippen LogP contribution in [-0.4, -0.2) is 15.9 Å². The number of nitrogen functional groups attached to an aromatic ring is 1. The van der Waals surface area contributed by atoms with Crippen LogP contribution in [0.4, 0.5) is 10.3 Å². The second kappa shape index (κ2) is 8.35. The van der Waals surface area contributed by atoms with E-state index in [0.29, 0.717) is 33.8 Å². The highest BCUT2D eigenvalue weighted by Gasteiger charge is 2.13. The van der Waals surface area contributed by atoms with Crippen molar-refractivity contribution in [1.29, 1.82) is 0 Å². The molecule has 0 spiro atoms. The van der Waals surface area contributed by atoms with E-state index < -0.39 is 5.91 Å². The van der Waals surface area contributed by atoms with Crippen LogP contribution >= 0.6 is 11.6 Å². The molecule has 144 valence electrons. The smallest absolute Gasteiger partial charge is 0.248 e. The third-order valence-corrected chi connectivity index (χ3v) is 4.65. The number of carbonyl (C=O) groups is 1. The predicted molar refractivity (Wildman–Crippen MR) is 109 cm³/mol.